The summed E-state index contributed by atoms with van der Waals surface area (Å²) >= 11 is 0. The molecule has 0 radical (unpaired) electrons. The molecule has 0 aromatic heterocycles. The maximum absolute atomic E-state index is 13.0. The average molecular weight is 352 g/mol. The summed E-state index contributed by atoms with van der Waals surface area (Å²) in [6, 6.07) is 16.6. The molecule has 0 spiro atoms. The molecule has 1 atom stereocenters. The molecule has 1 aliphatic heterocycles. The molecule has 0 unspecified atom stereocenters. The SMILES string of the molecule is Cc1ccccc1C(=O)N[C@@H](Cc1ccccc1)C(=O)N1CCOCC1. The van der Waals surface area contributed by atoms with Gasteiger partial charge >= 0.3 is 0 Å². The van der Waals surface area contributed by atoms with Crippen molar-refractivity contribution < 1.29 is 14.3 Å². The summed E-state index contributed by atoms with van der Waals surface area (Å²) in [5.74, 6) is -0.273. The van der Waals surface area contributed by atoms with Gasteiger partial charge in [-0.2, -0.15) is 0 Å². The number of amides is 2. The van der Waals surface area contributed by atoms with E-state index < -0.39 is 6.04 Å². The molecule has 0 saturated carbocycles. The molecule has 26 heavy (non-hydrogen) atoms. The van der Waals surface area contributed by atoms with E-state index in [9.17, 15) is 9.59 Å². The molecule has 1 fully saturated rings. The number of aryl methyl sites for hydroxylation is 1. The predicted octanol–water partition coefficient (Wildman–Crippen LogP) is 2.19. The van der Waals surface area contributed by atoms with Gasteiger partial charge in [0.1, 0.15) is 6.04 Å². The second-order valence-corrected chi connectivity index (χ2v) is 6.47. The minimum Gasteiger partial charge on any atom is -0.378 e. The first-order chi connectivity index (χ1) is 12.6. The van der Waals surface area contributed by atoms with Crippen molar-refractivity contribution in [2.24, 2.45) is 0 Å². The first-order valence-electron chi connectivity index (χ1n) is 8.92. The number of hydrogen-bond acceptors (Lipinski definition) is 3. The van der Waals surface area contributed by atoms with Crippen molar-refractivity contribution in [3.63, 3.8) is 0 Å². The Morgan fingerprint density at radius 1 is 1.04 bits per heavy atom. The molecular weight excluding hydrogens is 328 g/mol. The summed E-state index contributed by atoms with van der Waals surface area (Å²) in [6.45, 7) is 4.09. The van der Waals surface area contributed by atoms with Crippen LogP contribution >= 0.6 is 0 Å². The van der Waals surface area contributed by atoms with E-state index >= 15 is 0 Å². The van der Waals surface area contributed by atoms with Crippen molar-refractivity contribution in [2.75, 3.05) is 26.3 Å². The van der Waals surface area contributed by atoms with E-state index in [4.69, 9.17) is 4.74 Å². The molecule has 5 nitrogen and oxygen atoms in total. The molecule has 1 heterocycles. The van der Waals surface area contributed by atoms with Crippen molar-refractivity contribution in [1.82, 2.24) is 10.2 Å². The Labute approximate surface area is 154 Å². The fourth-order valence-electron chi connectivity index (χ4n) is 3.12. The normalized spacial score (nSPS) is 15.3. The van der Waals surface area contributed by atoms with E-state index in [0.29, 0.717) is 38.3 Å². The fraction of sp³-hybridized carbons (Fsp3) is 0.333. The number of nitrogens with zero attached hydrogens (tertiary/aromatic N) is 1. The lowest BCUT2D eigenvalue weighted by molar-refractivity contribution is -0.137. The Morgan fingerprint density at radius 2 is 1.69 bits per heavy atom. The Kier molecular flexibility index (Phi) is 6.02. The van der Waals surface area contributed by atoms with E-state index in [2.05, 4.69) is 5.32 Å². The zero-order chi connectivity index (χ0) is 18.4. The van der Waals surface area contributed by atoms with Crippen molar-refractivity contribution >= 4 is 11.8 Å². The molecule has 1 aliphatic rings. The number of carbonyl (C=O) groups excluding carboxylic acids is 2. The quantitative estimate of drug-likeness (QED) is 0.897. The third-order valence-electron chi connectivity index (χ3n) is 4.60. The minimum atomic E-state index is -0.595. The van der Waals surface area contributed by atoms with Gasteiger partial charge in [0.15, 0.2) is 0 Å². The van der Waals surface area contributed by atoms with E-state index in [1.807, 2.05) is 55.5 Å². The van der Waals surface area contributed by atoms with Gasteiger partial charge in [0, 0.05) is 25.1 Å². The number of ether oxygens (including phenoxy) is 1. The van der Waals surface area contributed by atoms with Crippen LogP contribution in [0.3, 0.4) is 0 Å². The number of nitrogens with one attached hydrogen (secondary N) is 1. The first kappa shape index (κ1) is 18.1. The summed E-state index contributed by atoms with van der Waals surface area (Å²) in [6.07, 6.45) is 0.467. The lowest BCUT2D eigenvalue weighted by Crippen LogP contribution is -2.52. The number of hydrogen-bond donors (Lipinski definition) is 1. The maximum Gasteiger partial charge on any atom is 0.252 e. The average Bonchev–Trinajstić information content (AvgIpc) is 2.68. The van der Waals surface area contributed by atoms with E-state index in [-0.39, 0.29) is 11.8 Å². The zero-order valence-corrected chi connectivity index (χ0v) is 15.0. The molecule has 136 valence electrons. The van der Waals surface area contributed by atoms with Crippen molar-refractivity contribution in [2.45, 2.75) is 19.4 Å². The van der Waals surface area contributed by atoms with Gasteiger partial charge in [0.05, 0.1) is 13.2 Å². The molecule has 3 rings (SSSR count). The van der Waals surface area contributed by atoms with Crippen LogP contribution in [0, 0.1) is 6.92 Å². The molecule has 5 heteroatoms. The van der Waals surface area contributed by atoms with Gasteiger partial charge in [-0.25, -0.2) is 0 Å². The van der Waals surface area contributed by atoms with Crippen LogP contribution in [0.25, 0.3) is 0 Å². The lowest BCUT2D eigenvalue weighted by Gasteiger charge is -2.31. The molecule has 2 aromatic carbocycles. The molecule has 1 saturated heterocycles. The molecule has 0 aliphatic carbocycles. The zero-order valence-electron chi connectivity index (χ0n) is 15.0. The number of benzene rings is 2. The maximum atomic E-state index is 13.0. The molecule has 2 aromatic rings. The van der Waals surface area contributed by atoms with E-state index in [1.54, 1.807) is 11.0 Å². The van der Waals surface area contributed by atoms with E-state index in [1.165, 1.54) is 0 Å². The second-order valence-electron chi connectivity index (χ2n) is 6.47. The Morgan fingerprint density at radius 3 is 2.38 bits per heavy atom. The molecule has 1 N–H and O–H groups in total. The van der Waals surface area contributed by atoms with Crippen molar-refractivity contribution in [3.8, 4) is 0 Å². The Hall–Kier alpha value is -2.66. The number of carbonyl (C=O) groups is 2. The highest BCUT2D eigenvalue weighted by Gasteiger charge is 2.28. The van der Waals surface area contributed by atoms with Crippen LogP contribution in [-0.2, 0) is 16.0 Å². The van der Waals surface area contributed by atoms with Crippen LogP contribution in [0.5, 0.6) is 0 Å². The highest BCUT2D eigenvalue weighted by molar-refractivity contribution is 5.98. The summed E-state index contributed by atoms with van der Waals surface area (Å²) < 4.78 is 5.33. The summed E-state index contributed by atoms with van der Waals surface area (Å²) in [5.41, 5.74) is 2.51. The molecular formula is C21H24N2O3. The molecule has 2 amide bonds. The van der Waals surface area contributed by atoms with Gasteiger partial charge in [-0.15, -0.1) is 0 Å². The van der Waals surface area contributed by atoms with Crippen LogP contribution in [0.4, 0.5) is 0 Å². The monoisotopic (exact) mass is 352 g/mol. The summed E-state index contributed by atoms with van der Waals surface area (Å²) in [4.78, 5) is 27.5. The highest BCUT2D eigenvalue weighted by Crippen LogP contribution is 2.11. The van der Waals surface area contributed by atoms with Crippen molar-refractivity contribution in [1.29, 1.82) is 0 Å². The third kappa shape index (κ3) is 4.49. The Bertz CT molecular complexity index is 755. The lowest BCUT2D eigenvalue weighted by atomic mass is 10.0. The van der Waals surface area contributed by atoms with Gasteiger partial charge in [-0.05, 0) is 24.1 Å². The predicted molar refractivity (Wildman–Crippen MR) is 100.0 cm³/mol. The topological polar surface area (TPSA) is 58.6 Å². The van der Waals surface area contributed by atoms with E-state index in [0.717, 1.165) is 11.1 Å². The van der Waals surface area contributed by atoms with Crippen LogP contribution < -0.4 is 5.32 Å². The number of morpholine rings is 1. The van der Waals surface area contributed by atoms with Gasteiger partial charge in [0.25, 0.3) is 5.91 Å². The minimum absolute atomic E-state index is 0.0564. The van der Waals surface area contributed by atoms with Crippen molar-refractivity contribution in [3.05, 3.63) is 71.3 Å². The Balaban J connectivity index is 1.78. The standard InChI is InChI=1S/C21H24N2O3/c1-16-7-5-6-10-18(16)20(24)22-19(15-17-8-3-2-4-9-17)21(25)23-11-13-26-14-12-23/h2-10,19H,11-15H2,1H3,(H,22,24)/t19-/m0/s1. The van der Waals surface area contributed by atoms with Crippen LogP contribution in [-0.4, -0.2) is 49.1 Å². The van der Waals surface area contributed by atoms with Gasteiger partial charge < -0.3 is 15.0 Å². The third-order valence-corrected chi connectivity index (χ3v) is 4.60. The van der Waals surface area contributed by atoms with Crippen LogP contribution in [0.15, 0.2) is 54.6 Å². The summed E-state index contributed by atoms with van der Waals surface area (Å²) in [5, 5.41) is 2.95. The smallest absolute Gasteiger partial charge is 0.252 e. The van der Waals surface area contributed by atoms with Gasteiger partial charge in [-0.1, -0.05) is 48.5 Å². The van der Waals surface area contributed by atoms with Gasteiger partial charge in [-0.3, -0.25) is 9.59 Å². The summed E-state index contributed by atoms with van der Waals surface area (Å²) in [7, 11) is 0. The van der Waals surface area contributed by atoms with Crippen LogP contribution in [0.2, 0.25) is 0 Å². The first-order valence-corrected chi connectivity index (χ1v) is 8.92. The second kappa shape index (κ2) is 8.63. The molecule has 0 bridgehead atoms. The number of rotatable bonds is 5. The largest absolute Gasteiger partial charge is 0.378 e. The van der Waals surface area contributed by atoms with Crippen LogP contribution in [0.1, 0.15) is 21.5 Å². The highest BCUT2D eigenvalue weighted by atomic mass is 16.5. The fourth-order valence-corrected chi connectivity index (χ4v) is 3.12. The van der Waals surface area contributed by atoms with Gasteiger partial charge in [0.2, 0.25) is 5.91 Å².